The Balaban J connectivity index is 1.40. The van der Waals surface area contributed by atoms with Crippen LogP contribution in [0.2, 0.25) is 0 Å². The maximum atomic E-state index is 14.3. The third-order valence-electron chi connectivity index (χ3n) is 9.06. The van der Waals surface area contributed by atoms with Crippen molar-refractivity contribution in [2.24, 2.45) is 0 Å². The Labute approximate surface area is 275 Å². The monoisotopic (exact) mass is 641 g/mol. The Morgan fingerprint density at radius 3 is 2.47 bits per heavy atom. The van der Waals surface area contributed by atoms with E-state index in [1.54, 1.807) is 28.0 Å². The summed E-state index contributed by atoms with van der Waals surface area (Å²) < 4.78 is 13.7. The second-order valence-corrected chi connectivity index (χ2v) is 12.3. The molecule has 3 N–H and O–H groups in total. The molecule has 0 aromatic heterocycles. The fraction of sp³-hybridized carbons (Fsp3) is 0.405. The van der Waals surface area contributed by atoms with Crippen LogP contribution >= 0.6 is 0 Å². The summed E-state index contributed by atoms with van der Waals surface area (Å²) >= 11 is 0. The normalized spacial score (nSPS) is 19.3. The van der Waals surface area contributed by atoms with Crippen molar-refractivity contribution >= 4 is 34.4 Å². The van der Waals surface area contributed by atoms with Crippen LogP contribution in [0.25, 0.3) is 10.8 Å². The van der Waals surface area contributed by atoms with Gasteiger partial charge in [-0.1, -0.05) is 74.0 Å². The fourth-order valence-electron chi connectivity index (χ4n) is 6.59. The minimum atomic E-state index is -0.946. The van der Waals surface area contributed by atoms with E-state index < -0.39 is 30.0 Å². The molecule has 4 amide bonds. The van der Waals surface area contributed by atoms with Crippen LogP contribution in [0.3, 0.4) is 0 Å². The first kappa shape index (κ1) is 33.8. The summed E-state index contributed by atoms with van der Waals surface area (Å²) in [4.78, 5) is 58.5. The van der Waals surface area contributed by atoms with E-state index in [0.717, 1.165) is 29.3 Å². The van der Waals surface area contributed by atoms with E-state index in [1.807, 2.05) is 49.4 Å². The number of benzene rings is 3. The van der Waals surface area contributed by atoms with Crippen LogP contribution in [0.5, 0.6) is 0 Å². The molecule has 0 radical (unpaired) electrons. The molecule has 3 aromatic rings. The smallest absolute Gasteiger partial charge is 0.246 e. The van der Waals surface area contributed by atoms with Gasteiger partial charge < -0.3 is 25.8 Å². The van der Waals surface area contributed by atoms with Gasteiger partial charge >= 0.3 is 0 Å². The maximum absolute atomic E-state index is 14.3. The Morgan fingerprint density at radius 1 is 1.02 bits per heavy atom. The predicted molar refractivity (Wildman–Crippen MR) is 180 cm³/mol. The number of hydrogen-bond donors (Lipinski definition) is 3. The number of carbonyl (C=O) groups is 4. The molecule has 0 saturated carbocycles. The highest BCUT2D eigenvalue weighted by atomic mass is 19.1. The van der Waals surface area contributed by atoms with Crippen LogP contribution in [-0.4, -0.2) is 83.8 Å². The number of hydrogen-bond acceptors (Lipinski definition) is 5. The van der Waals surface area contributed by atoms with Crippen LogP contribution in [0.1, 0.15) is 43.7 Å². The molecule has 0 aliphatic carbocycles. The molecule has 9 nitrogen and oxygen atoms in total. The van der Waals surface area contributed by atoms with Crippen molar-refractivity contribution < 1.29 is 23.6 Å². The first-order chi connectivity index (χ1) is 22.8. The number of rotatable bonds is 13. The maximum Gasteiger partial charge on any atom is 0.246 e. The Bertz CT molecular complexity index is 1590. The molecule has 3 aromatic carbocycles. The lowest BCUT2D eigenvalue weighted by Gasteiger charge is -2.44. The molecule has 2 unspecified atom stereocenters. The van der Waals surface area contributed by atoms with Gasteiger partial charge in [0.25, 0.3) is 0 Å². The number of nitrogens with zero attached hydrogens (tertiary/aromatic N) is 2. The van der Waals surface area contributed by atoms with Crippen LogP contribution < -0.4 is 16.0 Å². The van der Waals surface area contributed by atoms with Gasteiger partial charge in [-0.2, -0.15) is 0 Å². The number of fused-ring (bicyclic) bond motifs is 1. The third kappa shape index (κ3) is 8.24. The zero-order valence-corrected chi connectivity index (χ0v) is 26.9. The topological polar surface area (TPSA) is 111 Å². The summed E-state index contributed by atoms with van der Waals surface area (Å²) in [5.41, 5.74) is 1.61. The molecule has 2 aliphatic heterocycles. The predicted octanol–water partition coefficient (Wildman–Crippen LogP) is 3.51. The first-order valence-electron chi connectivity index (χ1n) is 16.5. The van der Waals surface area contributed by atoms with Gasteiger partial charge in [-0.25, -0.2) is 4.39 Å². The van der Waals surface area contributed by atoms with Crippen molar-refractivity contribution in [3.05, 3.63) is 96.3 Å². The molecule has 0 bridgehead atoms. The second kappa shape index (κ2) is 15.8. The molecule has 0 spiro atoms. The fourth-order valence-corrected chi connectivity index (χ4v) is 6.59. The summed E-state index contributed by atoms with van der Waals surface area (Å²) in [6.07, 6.45) is 4.63. The summed E-state index contributed by atoms with van der Waals surface area (Å²) in [6, 6.07) is 16.9. The van der Waals surface area contributed by atoms with Crippen molar-refractivity contribution in [2.75, 3.05) is 26.2 Å². The third-order valence-corrected chi connectivity index (χ3v) is 9.06. The van der Waals surface area contributed by atoms with E-state index in [-0.39, 0.29) is 49.7 Å². The zero-order valence-electron chi connectivity index (χ0n) is 26.9. The van der Waals surface area contributed by atoms with Crippen LogP contribution in [-0.2, 0) is 32.0 Å². The zero-order chi connectivity index (χ0) is 33.3. The van der Waals surface area contributed by atoms with Crippen molar-refractivity contribution in [3.8, 4) is 0 Å². The Hall–Kier alpha value is -4.57. The summed E-state index contributed by atoms with van der Waals surface area (Å²) in [5.74, 6) is -1.61. The summed E-state index contributed by atoms with van der Waals surface area (Å²) in [7, 11) is 0. The van der Waals surface area contributed by atoms with Crippen molar-refractivity contribution in [2.45, 2.75) is 69.6 Å². The minimum Gasteiger partial charge on any atom is -0.351 e. The van der Waals surface area contributed by atoms with E-state index >= 15 is 0 Å². The molecule has 2 heterocycles. The number of piperazine rings is 1. The van der Waals surface area contributed by atoms with E-state index in [2.05, 4.69) is 22.5 Å². The summed E-state index contributed by atoms with van der Waals surface area (Å²) in [6.45, 7) is 7.01. The van der Waals surface area contributed by atoms with Crippen LogP contribution in [0.15, 0.2) is 79.4 Å². The molecule has 2 fully saturated rings. The number of nitrogens with one attached hydrogen (secondary N) is 3. The highest BCUT2D eigenvalue weighted by molar-refractivity contribution is 5.96. The van der Waals surface area contributed by atoms with Crippen LogP contribution in [0.4, 0.5) is 4.39 Å². The Kier molecular flexibility index (Phi) is 11.4. The molecule has 4 atom stereocenters. The van der Waals surface area contributed by atoms with Gasteiger partial charge in [0.15, 0.2) is 0 Å². The average molecular weight is 642 g/mol. The van der Waals surface area contributed by atoms with E-state index in [0.29, 0.717) is 31.2 Å². The summed E-state index contributed by atoms with van der Waals surface area (Å²) in [5, 5.41) is 11.1. The number of halogens is 1. The van der Waals surface area contributed by atoms with Crippen molar-refractivity contribution in [1.82, 2.24) is 25.8 Å². The van der Waals surface area contributed by atoms with Gasteiger partial charge in [0, 0.05) is 32.5 Å². The molecule has 10 heteroatoms. The lowest BCUT2D eigenvalue weighted by Crippen LogP contribution is -2.66. The minimum absolute atomic E-state index is 0.152. The van der Waals surface area contributed by atoms with E-state index in [4.69, 9.17) is 0 Å². The lowest BCUT2D eigenvalue weighted by atomic mass is 9.96. The van der Waals surface area contributed by atoms with Gasteiger partial charge in [0.05, 0.1) is 6.04 Å². The molecular formula is C37H44FN5O4. The molecule has 2 aliphatic rings. The standard InChI is InChI=1S/C37H44FN5O4/c1-3-8-32-37(47)43(33(35(45)40-18-4-2)24-26-12-15-27-9-5-6-10-28(27)22-26)21-20-42(32)36(46)31(23-25-13-16-29(38)17-14-25)41-34(44)30-11-7-19-39-30/h4-6,9-10,12-17,22,30-33,39H,2-3,7-8,11,18-21,23-24H2,1H3,(H,40,45)(H,41,44)/t30?,31-,32+,33?/m1/s1. The van der Waals surface area contributed by atoms with Gasteiger partial charge in [0.2, 0.25) is 23.6 Å². The Morgan fingerprint density at radius 2 is 1.77 bits per heavy atom. The number of carbonyl (C=O) groups excluding carboxylic acids is 4. The largest absolute Gasteiger partial charge is 0.351 e. The SMILES string of the molecule is C=CCNC(=O)C(Cc1ccc2ccccc2c1)N1CCN(C(=O)[C@@H](Cc2ccc(F)cc2)NC(=O)C2CCCN2)[C@@H](CCC)C1=O. The van der Waals surface area contributed by atoms with E-state index in [1.165, 1.54) is 12.1 Å². The van der Waals surface area contributed by atoms with Gasteiger partial charge in [-0.3, -0.25) is 19.2 Å². The second-order valence-electron chi connectivity index (χ2n) is 12.3. The van der Waals surface area contributed by atoms with Gasteiger partial charge in [-0.05, 0) is 59.8 Å². The van der Waals surface area contributed by atoms with E-state index in [9.17, 15) is 23.6 Å². The quantitative estimate of drug-likeness (QED) is 0.248. The lowest BCUT2D eigenvalue weighted by molar-refractivity contribution is -0.157. The van der Waals surface area contributed by atoms with Crippen molar-refractivity contribution in [3.63, 3.8) is 0 Å². The van der Waals surface area contributed by atoms with Crippen molar-refractivity contribution in [1.29, 1.82) is 0 Å². The molecule has 5 rings (SSSR count). The van der Waals surface area contributed by atoms with Gasteiger partial charge in [-0.15, -0.1) is 6.58 Å². The number of amides is 4. The first-order valence-corrected chi connectivity index (χ1v) is 16.5. The molecule has 47 heavy (non-hydrogen) atoms. The molecule has 248 valence electrons. The molecule has 2 saturated heterocycles. The highest BCUT2D eigenvalue weighted by Gasteiger charge is 2.43. The highest BCUT2D eigenvalue weighted by Crippen LogP contribution is 2.24. The average Bonchev–Trinajstić information content (AvgIpc) is 3.63. The molecular weight excluding hydrogens is 597 g/mol. The van der Waals surface area contributed by atoms with Crippen LogP contribution in [0, 0.1) is 5.82 Å². The van der Waals surface area contributed by atoms with Gasteiger partial charge in [0.1, 0.15) is 23.9 Å².